The Labute approximate surface area is 177 Å². The minimum absolute atomic E-state index is 0. The number of hydrogen-bond acceptors (Lipinski definition) is 3. The van der Waals surface area contributed by atoms with E-state index in [-0.39, 0.29) is 18.4 Å². The molecule has 0 spiro atoms. The van der Waals surface area contributed by atoms with Crippen LogP contribution >= 0.6 is 12.4 Å². The number of likely N-dealkylation sites (N-methyl/N-ethyl adjacent to an activating group) is 1. The lowest BCUT2D eigenvalue weighted by atomic mass is 10.0. The lowest BCUT2D eigenvalue weighted by molar-refractivity contribution is 0.132. The molecule has 2 N–H and O–H groups in total. The molecule has 29 heavy (non-hydrogen) atoms. The Kier molecular flexibility index (Phi) is 6.94. The van der Waals surface area contributed by atoms with Crippen LogP contribution in [0.3, 0.4) is 0 Å². The van der Waals surface area contributed by atoms with E-state index in [1.165, 1.54) is 0 Å². The number of aliphatic hydroxyl groups is 1. The van der Waals surface area contributed by atoms with Gasteiger partial charge in [-0.1, -0.05) is 48.5 Å². The van der Waals surface area contributed by atoms with Crippen molar-refractivity contribution in [3.63, 3.8) is 0 Å². The number of hydrogen-bond donors (Lipinski definition) is 2. The number of aromatic nitrogens is 1. The summed E-state index contributed by atoms with van der Waals surface area (Å²) in [6, 6.07) is 27.8. The Bertz CT molecular complexity index is 1030. The summed E-state index contributed by atoms with van der Waals surface area (Å²) in [6.07, 6.45) is 1.48. The van der Waals surface area contributed by atoms with E-state index in [1.54, 1.807) is 0 Å². The SMILES string of the molecule is CNC[C@@H](O)[C@H](c1ccccc1)n1ccc2cc(Oc3ccccc3)ccc21.Cl. The molecule has 1 aromatic heterocycles. The maximum Gasteiger partial charge on any atom is 0.128 e. The predicted octanol–water partition coefficient (Wildman–Crippen LogP) is 5.03. The van der Waals surface area contributed by atoms with Crippen molar-refractivity contribution in [1.29, 1.82) is 0 Å². The van der Waals surface area contributed by atoms with Gasteiger partial charge in [-0.05, 0) is 49.0 Å². The molecule has 5 heteroatoms. The van der Waals surface area contributed by atoms with Gasteiger partial charge in [0.15, 0.2) is 0 Å². The number of rotatable bonds is 7. The molecule has 4 nitrogen and oxygen atoms in total. The van der Waals surface area contributed by atoms with Crippen LogP contribution in [0.5, 0.6) is 11.5 Å². The zero-order valence-electron chi connectivity index (χ0n) is 16.2. The smallest absolute Gasteiger partial charge is 0.128 e. The Morgan fingerprint density at radius 2 is 1.59 bits per heavy atom. The molecule has 0 radical (unpaired) electrons. The first-order chi connectivity index (χ1) is 13.8. The van der Waals surface area contributed by atoms with Gasteiger partial charge >= 0.3 is 0 Å². The van der Waals surface area contributed by atoms with Crippen LogP contribution in [0.1, 0.15) is 11.6 Å². The van der Waals surface area contributed by atoms with Crippen molar-refractivity contribution in [3.8, 4) is 11.5 Å². The number of aliphatic hydroxyl groups excluding tert-OH is 1. The molecule has 0 aliphatic carbocycles. The van der Waals surface area contributed by atoms with Gasteiger partial charge in [0.2, 0.25) is 0 Å². The van der Waals surface area contributed by atoms with Crippen LogP contribution in [-0.4, -0.2) is 29.4 Å². The summed E-state index contributed by atoms with van der Waals surface area (Å²) < 4.78 is 8.10. The minimum Gasteiger partial charge on any atom is -0.457 e. The average molecular weight is 409 g/mol. The normalized spacial score (nSPS) is 12.9. The van der Waals surface area contributed by atoms with Crippen molar-refractivity contribution in [2.45, 2.75) is 12.1 Å². The first-order valence-corrected chi connectivity index (χ1v) is 9.47. The minimum atomic E-state index is -0.553. The topological polar surface area (TPSA) is 46.4 Å². The van der Waals surface area contributed by atoms with Gasteiger partial charge in [-0.15, -0.1) is 12.4 Å². The highest BCUT2D eigenvalue weighted by Crippen LogP contribution is 2.31. The van der Waals surface area contributed by atoms with E-state index >= 15 is 0 Å². The number of nitrogens with one attached hydrogen (secondary N) is 1. The maximum absolute atomic E-state index is 10.8. The highest BCUT2D eigenvalue weighted by atomic mass is 35.5. The molecule has 0 saturated carbocycles. The Hall–Kier alpha value is -2.79. The largest absolute Gasteiger partial charge is 0.457 e. The van der Waals surface area contributed by atoms with Crippen LogP contribution in [-0.2, 0) is 0 Å². The van der Waals surface area contributed by atoms with Crippen LogP contribution in [0.4, 0.5) is 0 Å². The van der Waals surface area contributed by atoms with E-state index < -0.39 is 6.10 Å². The Morgan fingerprint density at radius 1 is 0.897 bits per heavy atom. The molecule has 2 atom stereocenters. The molecule has 0 aliphatic rings. The fraction of sp³-hybridized carbons (Fsp3) is 0.167. The van der Waals surface area contributed by atoms with Gasteiger partial charge in [0, 0.05) is 23.6 Å². The fourth-order valence-corrected chi connectivity index (χ4v) is 3.61. The van der Waals surface area contributed by atoms with Gasteiger partial charge in [-0.3, -0.25) is 0 Å². The second kappa shape index (κ2) is 9.61. The summed E-state index contributed by atoms with van der Waals surface area (Å²) in [5.74, 6) is 1.61. The second-order valence-electron chi connectivity index (χ2n) is 6.84. The van der Waals surface area contributed by atoms with Crippen molar-refractivity contribution in [3.05, 3.63) is 96.7 Å². The molecule has 4 aromatic rings. The summed E-state index contributed by atoms with van der Waals surface area (Å²) in [5.41, 5.74) is 2.14. The molecule has 0 aliphatic heterocycles. The number of ether oxygens (including phenoxy) is 1. The van der Waals surface area contributed by atoms with E-state index in [2.05, 4.69) is 34.1 Å². The van der Waals surface area contributed by atoms with E-state index in [0.717, 1.165) is 28.0 Å². The summed E-state index contributed by atoms with van der Waals surface area (Å²) in [5, 5.41) is 15.0. The molecule has 1 heterocycles. The van der Waals surface area contributed by atoms with Gasteiger partial charge in [-0.25, -0.2) is 0 Å². The predicted molar refractivity (Wildman–Crippen MR) is 120 cm³/mol. The third kappa shape index (κ3) is 4.62. The molecule has 3 aromatic carbocycles. The molecule has 0 unspecified atom stereocenters. The summed E-state index contributed by atoms with van der Waals surface area (Å²) >= 11 is 0. The van der Waals surface area contributed by atoms with Gasteiger partial charge in [0.05, 0.1) is 12.1 Å². The van der Waals surface area contributed by atoms with Gasteiger partial charge in [0.1, 0.15) is 11.5 Å². The van der Waals surface area contributed by atoms with Crippen molar-refractivity contribution in [2.24, 2.45) is 0 Å². The standard InChI is InChI=1S/C24H24N2O2.ClH/c1-25-17-23(27)24(18-8-4-2-5-9-18)26-15-14-19-16-21(12-13-22(19)26)28-20-10-6-3-7-11-20;/h2-16,23-25,27H,17H2,1H3;1H/t23-,24+;/m1./s1. The van der Waals surface area contributed by atoms with Crippen LogP contribution in [0.2, 0.25) is 0 Å². The second-order valence-corrected chi connectivity index (χ2v) is 6.84. The van der Waals surface area contributed by atoms with E-state index in [4.69, 9.17) is 4.74 Å². The van der Waals surface area contributed by atoms with E-state index in [0.29, 0.717) is 6.54 Å². The fourth-order valence-electron chi connectivity index (χ4n) is 3.61. The lowest BCUT2D eigenvalue weighted by Gasteiger charge is -2.26. The van der Waals surface area contributed by atoms with Crippen molar-refractivity contribution < 1.29 is 9.84 Å². The average Bonchev–Trinajstić information content (AvgIpc) is 3.13. The molecule has 150 valence electrons. The van der Waals surface area contributed by atoms with Crippen molar-refractivity contribution in [1.82, 2.24) is 9.88 Å². The summed E-state index contributed by atoms with van der Waals surface area (Å²) in [4.78, 5) is 0. The van der Waals surface area contributed by atoms with Crippen molar-refractivity contribution in [2.75, 3.05) is 13.6 Å². The van der Waals surface area contributed by atoms with Crippen LogP contribution in [0, 0.1) is 0 Å². The van der Waals surface area contributed by atoms with Gasteiger partial charge in [0.25, 0.3) is 0 Å². The number of benzene rings is 3. The van der Waals surface area contributed by atoms with Crippen LogP contribution in [0.25, 0.3) is 10.9 Å². The Morgan fingerprint density at radius 3 is 2.28 bits per heavy atom. The first kappa shape index (κ1) is 20.9. The number of fused-ring (bicyclic) bond motifs is 1. The number of halogens is 1. The molecular formula is C24H25ClN2O2. The van der Waals surface area contributed by atoms with Crippen molar-refractivity contribution >= 4 is 23.3 Å². The van der Waals surface area contributed by atoms with Gasteiger partial charge < -0.3 is 19.7 Å². The summed E-state index contributed by atoms with van der Waals surface area (Å²) in [7, 11) is 1.85. The summed E-state index contributed by atoms with van der Waals surface area (Å²) in [6.45, 7) is 0.508. The van der Waals surface area contributed by atoms with Gasteiger partial charge in [-0.2, -0.15) is 0 Å². The third-order valence-corrected chi connectivity index (χ3v) is 4.89. The third-order valence-electron chi connectivity index (χ3n) is 4.89. The number of nitrogens with zero attached hydrogens (tertiary/aromatic N) is 1. The molecular weight excluding hydrogens is 384 g/mol. The molecule has 0 amide bonds. The van der Waals surface area contributed by atoms with Crippen LogP contribution < -0.4 is 10.1 Å². The molecule has 0 saturated heterocycles. The highest BCUT2D eigenvalue weighted by Gasteiger charge is 2.23. The monoisotopic (exact) mass is 408 g/mol. The highest BCUT2D eigenvalue weighted by molar-refractivity contribution is 5.85. The molecule has 4 rings (SSSR count). The molecule has 0 fully saturated rings. The molecule has 0 bridgehead atoms. The van der Waals surface area contributed by atoms with E-state index in [9.17, 15) is 5.11 Å². The number of para-hydroxylation sites is 1. The zero-order valence-corrected chi connectivity index (χ0v) is 17.0. The zero-order chi connectivity index (χ0) is 19.3. The lowest BCUT2D eigenvalue weighted by Crippen LogP contribution is -2.33. The Balaban J connectivity index is 0.00000240. The van der Waals surface area contributed by atoms with Crippen LogP contribution in [0.15, 0.2) is 91.1 Å². The maximum atomic E-state index is 10.8. The van der Waals surface area contributed by atoms with E-state index in [1.807, 2.05) is 73.9 Å². The quantitative estimate of drug-likeness (QED) is 0.451. The first-order valence-electron chi connectivity index (χ1n) is 9.47.